The fraction of sp³-hybridized carbons (Fsp3) is 0.273. The molecule has 0 bridgehead atoms. The number of nitrogens with zero attached hydrogens (tertiary/aromatic N) is 4. The average Bonchev–Trinajstić information content (AvgIpc) is 2.90. The maximum Gasteiger partial charge on any atom is 0.269 e. The summed E-state index contributed by atoms with van der Waals surface area (Å²) in [6.07, 6.45) is 2.05. The summed E-state index contributed by atoms with van der Waals surface area (Å²) in [4.78, 5) is 10.2. The third-order valence-corrected chi connectivity index (χ3v) is 2.95. The second-order valence-electron chi connectivity index (χ2n) is 4.00. The zero-order valence-corrected chi connectivity index (χ0v) is 9.04. The molecule has 17 heavy (non-hydrogen) atoms. The maximum atomic E-state index is 10.6. The molecule has 0 aliphatic carbocycles. The number of nitro groups is 1. The Morgan fingerprint density at radius 2 is 2.00 bits per heavy atom. The monoisotopic (exact) mass is 230 g/mol. The number of hydrogen-bond donors (Lipinski definition) is 0. The molecule has 2 heterocycles. The topological polar surface area (TPSA) is 73.8 Å². The summed E-state index contributed by atoms with van der Waals surface area (Å²) in [5.41, 5.74) is 0.964. The highest BCUT2D eigenvalue weighted by Crippen LogP contribution is 2.24. The lowest BCUT2D eigenvalue weighted by Crippen LogP contribution is -1.96. The number of rotatable bonds is 2. The van der Waals surface area contributed by atoms with Gasteiger partial charge in [-0.15, -0.1) is 10.2 Å². The second-order valence-corrected chi connectivity index (χ2v) is 4.00. The second kappa shape index (κ2) is 3.65. The van der Waals surface area contributed by atoms with Crippen LogP contribution in [0.4, 0.5) is 5.69 Å². The summed E-state index contributed by atoms with van der Waals surface area (Å²) in [5, 5.41) is 18.8. The Hall–Kier alpha value is -2.24. The average molecular weight is 230 g/mol. The first-order valence-corrected chi connectivity index (χ1v) is 5.42. The molecule has 1 aliphatic rings. The van der Waals surface area contributed by atoms with Gasteiger partial charge in [0, 0.05) is 30.7 Å². The number of aromatic nitrogens is 3. The van der Waals surface area contributed by atoms with Gasteiger partial charge in [-0.05, 0) is 18.6 Å². The molecule has 6 heteroatoms. The molecule has 1 aromatic heterocycles. The van der Waals surface area contributed by atoms with Crippen LogP contribution in [0.25, 0.3) is 11.4 Å². The van der Waals surface area contributed by atoms with Crippen molar-refractivity contribution in [3.8, 4) is 11.4 Å². The molecule has 1 aliphatic heterocycles. The quantitative estimate of drug-likeness (QED) is 0.582. The third kappa shape index (κ3) is 1.57. The highest BCUT2D eigenvalue weighted by atomic mass is 16.6. The van der Waals surface area contributed by atoms with Crippen molar-refractivity contribution in [3.05, 3.63) is 40.2 Å². The van der Waals surface area contributed by atoms with Gasteiger partial charge in [-0.25, -0.2) is 0 Å². The smallest absolute Gasteiger partial charge is 0.269 e. The van der Waals surface area contributed by atoms with Crippen LogP contribution in [0.1, 0.15) is 12.2 Å². The van der Waals surface area contributed by atoms with E-state index in [9.17, 15) is 10.1 Å². The van der Waals surface area contributed by atoms with E-state index < -0.39 is 4.92 Å². The zero-order valence-electron chi connectivity index (χ0n) is 9.04. The summed E-state index contributed by atoms with van der Waals surface area (Å²) in [5.74, 6) is 1.80. The Kier molecular flexibility index (Phi) is 2.14. The molecule has 3 rings (SSSR count). The number of nitro benzene ring substituents is 1. The van der Waals surface area contributed by atoms with Crippen molar-refractivity contribution in [2.45, 2.75) is 19.4 Å². The standard InChI is InChI=1S/C11H10N4O2/c16-15(17)9-5-3-8(4-6-9)11-13-12-10-2-1-7-14(10)11/h3-6H,1-2,7H2. The van der Waals surface area contributed by atoms with Crippen LogP contribution >= 0.6 is 0 Å². The Morgan fingerprint density at radius 1 is 1.24 bits per heavy atom. The largest absolute Gasteiger partial charge is 0.311 e. The van der Waals surface area contributed by atoms with Crippen molar-refractivity contribution in [3.63, 3.8) is 0 Å². The van der Waals surface area contributed by atoms with Crippen LogP contribution in [0, 0.1) is 10.1 Å². The van der Waals surface area contributed by atoms with E-state index in [2.05, 4.69) is 14.8 Å². The van der Waals surface area contributed by atoms with Gasteiger partial charge in [0.05, 0.1) is 4.92 Å². The summed E-state index contributed by atoms with van der Waals surface area (Å²) in [6, 6.07) is 6.42. The molecular weight excluding hydrogens is 220 g/mol. The van der Waals surface area contributed by atoms with Crippen molar-refractivity contribution < 1.29 is 4.92 Å². The first-order chi connectivity index (χ1) is 8.25. The van der Waals surface area contributed by atoms with Crippen molar-refractivity contribution in [1.29, 1.82) is 0 Å². The highest BCUT2D eigenvalue weighted by molar-refractivity contribution is 5.57. The van der Waals surface area contributed by atoms with Crippen molar-refractivity contribution in [2.75, 3.05) is 0 Å². The minimum Gasteiger partial charge on any atom is -0.311 e. The predicted molar refractivity (Wildman–Crippen MR) is 60.4 cm³/mol. The Balaban J connectivity index is 2.01. The number of hydrogen-bond acceptors (Lipinski definition) is 4. The number of benzene rings is 1. The van der Waals surface area contributed by atoms with Crippen LogP contribution in [0.15, 0.2) is 24.3 Å². The van der Waals surface area contributed by atoms with Crippen LogP contribution in [-0.4, -0.2) is 19.7 Å². The molecule has 0 spiro atoms. The summed E-state index contributed by atoms with van der Waals surface area (Å²) < 4.78 is 2.07. The molecule has 0 fully saturated rings. The lowest BCUT2D eigenvalue weighted by atomic mass is 10.2. The summed E-state index contributed by atoms with van der Waals surface area (Å²) in [7, 11) is 0. The van der Waals surface area contributed by atoms with Gasteiger partial charge in [-0.3, -0.25) is 10.1 Å². The lowest BCUT2D eigenvalue weighted by molar-refractivity contribution is -0.384. The lowest BCUT2D eigenvalue weighted by Gasteiger charge is -2.02. The maximum absolute atomic E-state index is 10.6. The van der Waals surface area contributed by atoms with Gasteiger partial charge < -0.3 is 4.57 Å². The normalized spacial score (nSPS) is 13.6. The molecule has 0 N–H and O–H groups in total. The van der Waals surface area contributed by atoms with E-state index in [4.69, 9.17) is 0 Å². The Labute approximate surface area is 97.1 Å². The number of non-ortho nitro benzene ring substituents is 1. The molecule has 1 aromatic carbocycles. The molecule has 0 saturated carbocycles. The summed E-state index contributed by atoms with van der Waals surface area (Å²) >= 11 is 0. The molecule has 0 unspecified atom stereocenters. The first kappa shape index (κ1) is 9.95. The minimum atomic E-state index is -0.405. The van der Waals surface area contributed by atoms with Crippen LogP contribution in [0.2, 0.25) is 0 Å². The molecule has 6 nitrogen and oxygen atoms in total. The van der Waals surface area contributed by atoms with Gasteiger partial charge in [0.15, 0.2) is 5.82 Å². The fourth-order valence-electron chi connectivity index (χ4n) is 2.10. The van der Waals surface area contributed by atoms with Gasteiger partial charge >= 0.3 is 0 Å². The first-order valence-electron chi connectivity index (χ1n) is 5.42. The molecule has 0 atom stereocenters. The van der Waals surface area contributed by atoms with Crippen LogP contribution < -0.4 is 0 Å². The predicted octanol–water partition coefficient (Wildman–Crippen LogP) is 1.80. The van der Waals surface area contributed by atoms with Gasteiger partial charge in [0.1, 0.15) is 5.82 Å². The Morgan fingerprint density at radius 3 is 2.71 bits per heavy atom. The molecule has 0 radical (unpaired) electrons. The van der Waals surface area contributed by atoms with Gasteiger partial charge in [0.25, 0.3) is 5.69 Å². The van der Waals surface area contributed by atoms with E-state index in [0.29, 0.717) is 0 Å². The van der Waals surface area contributed by atoms with E-state index in [1.54, 1.807) is 12.1 Å². The van der Waals surface area contributed by atoms with Gasteiger partial charge in [-0.2, -0.15) is 0 Å². The number of aryl methyl sites for hydroxylation is 1. The van der Waals surface area contributed by atoms with Crippen molar-refractivity contribution in [1.82, 2.24) is 14.8 Å². The van der Waals surface area contributed by atoms with Crippen LogP contribution in [0.3, 0.4) is 0 Å². The highest BCUT2D eigenvalue weighted by Gasteiger charge is 2.18. The van der Waals surface area contributed by atoms with Crippen molar-refractivity contribution in [2.24, 2.45) is 0 Å². The van der Waals surface area contributed by atoms with Crippen LogP contribution in [-0.2, 0) is 13.0 Å². The Bertz CT molecular complexity index is 574. The van der Waals surface area contributed by atoms with Crippen LogP contribution in [0.5, 0.6) is 0 Å². The molecule has 0 saturated heterocycles. The third-order valence-electron chi connectivity index (χ3n) is 2.95. The van der Waals surface area contributed by atoms with E-state index in [0.717, 1.165) is 36.6 Å². The minimum absolute atomic E-state index is 0.0925. The molecule has 2 aromatic rings. The van der Waals surface area contributed by atoms with E-state index in [1.807, 2.05) is 0 Å². The van der Waals surface area contributed by atoms with E-state index in [1.165, 1.54) is 12.1 Å². The van der Waals surface area contributed by atoms with Gasteiger partial charge in [0.2, 0.25) is 0 Å². The zero-order chi connectivity index (χ0) is 11.8. The summed E-state index contributed by atoms with van der Waals surface area (Å²) in [6.45, 7) is 0.925. The molecule has 0 amide bonds. The number of fused-ring (bicyclic) bond motifs is 1. The molecule has 86 valence electrons. The van der Waals surface area contributed by atoms with Crippen molar-refractivity contribution >= 4 is 5.69 Å². The van der Waals surface area contributed by atoms with E-state index in [-0.39, 0.29) is 5.69 Å². The van der Waals surface area contributed by atoms with E-state index >= 15 is 0 Å². The molecular formula is C11H10N4O2. The van der Waals surface area contributed by atoms with Gasteiger partial charge in [-0.1, -0.05) is 0 Å². The SMILES string of the molecule is O=[N+]([O-])c1ccc(-c2nnc3n2CCC3)cc1. The fourth-order valence-corrected chi connectivity index (χ4v) is 2.10.